The molecule has 0 spiro atoms. The first-order valence-corrected chi connectivity index (χ1v) is 44.6. The van der Waals surface area contributed by atoms with Gasteiger partial charge in [-0.25, -0.2) is 29.3 Å². The third-order valence-corrected chi connectivity index (χ3v) is 24.7. The summed E-state index contributed by atoms with van der Waals surface area (Å²) in [6.45, 7) is 36.2. The fraction of sp³-hybridized carbons (Fsp3) is 0.368. The molecule has 0 aliphatic carbocycles. The number of hydrogen-bond acceptors (Lipinski definition) is 20. The van der Waals surface area contributed by atoms with Crippen LogP contribution >= 0.6 is 84.7 Å². The number of esters is 2. The second-order valence-corrected chi connectivity index (χ2v) is 38.2. The standard InChI is InChI=1S/C32H35ClN2O4S.C30H31ClN2O4S.C22H23BrClNO3S.C11H15NO/c1-6-37-30(36)28(39-32(3,4)5)26-20(2)18-24-29(27(26)22-12-14-23(33)15-13-22)40-31(34-24)35-16-17-38-25(19-35)21-10-8-7-9-11-21;1-18-16-22-27(38-29(32-22)33-14-15-36-23(17-33)19-8-6-5-7-9-19)25(20-10-12-21(31)13-11-20)24(18)26(28(34)35)37-30(2,3)4;1-6-27-20(26)18(28-22(3,4)5)16-12(2)11-15-19(29-21(23)25-15)17(16)13-7-9-14(24)10-8-13;1-11(9-12-7-8-13-11)10-5-3-2-4-6-10/h7-15,18,25,28H,6,16-17,19H2,1-5H3;5-13,16,23,26H,14-15,17H2,1-4H3,(H,34,35);7-11,18H,6H2,1-5H3;2-6,12H,7-9H2,1H3/t25?,28-;23?,26-;18-;/m000./s1. The zero-order chi connectivity index (χ0) is 86.0. The maximum absolute atomic E-state index is 13.4. The van der Waals surface area contributed by atoms with E-state index < -0.39 is 53.0 Å². The summed E-state index contributed by atoms with van der Waals surface area (Å²) >= 11 is 26.8. The highest BCUT2D eigenvalue weighted by atomic mass is 79.9. The van der Waals surface area contributed by atoms with E-state index >= 15 is 0 Å². The number of aromatic nitrogens is 3. The number of rotatable bonds is 19. The number of ether oxygens (including phenoxy) is 8. The van der Waals surface area contributed by atoms with E-state index in [9.17, 15) is 19.5 Å². The number of morpholine rings is 3. The number of halogens is 4. The maximum Gasteiger partial charge on any atom is 0.339 e. The summed E-state index contributed by atoms with van der Waals surface area (Å²) in [5.74, 6) is -1.83. The highest BCUT2D eigenvalue weighted by Crippen LogP contribution is 2.49. The van der Waals surface area contributed by atoms with Crippen LogP contribution in [0.5, 0.6) is 0 Å². The second-order valence-electron chi connectivity index (χ2n) is 32.7. The highest BCUT2D eigenvalue weighted by Gasteiger charge is 2.39. The summed E-state index contributed by atoms with van der Waals surface area (Å²) in [6.07, 6.45) is -2.95. The summed E-state index contributed by atoms with van der Waals surface area (Å²) in [4.78, 5) is 58.1. The van der Waals surface area contributed by atoms with Gasteiger partial charge in [-0.05, 0) is 224 Å². The monoisotopic (exact) mass is 1800 g/mol. The van der Waals surface area contributed by atoms with Crippen LogP contribution in [0.1, 0.15) is 164 Å². The number of aryl methyl sites for hydroxylation is 3. The van der Waals surface area contributed by atoms with Gasteiger partial charge < -0.3 is 58.1 Å². The molecule has 3 saturated heterocycles. The normalized spacial score (nSPS) is 17.2. The summed E-state index contributed by atoms with van der Waals surface area (Å²) in [5.41, 5.74) is 14.5. The number of nitrogens with one attached hydrogen (secondary N) is 1. The molecule has 120 heavy (non-hydrogen) atoms. The van der Waals surface area contributed by atoms with Crippen molar-refractivity contribution in [1.29, 1.82) is 0 Å². The Morgan fingerprint density at radius 3 is 1.22 bits per heavy atom. The SMILES string of the molecule is CC1(c2ccccc2)CNCCO1.CCOC(=O)[C@@H](OC(C)(C)C)c1c(C)cc2nc(Br)sc2c1-c1ccc(Cl)cc1.CCOC(=O)[C@@H](OC(C)(C)C)c1c(C)cc2nc(N3CCOC(c4ccccc4)C3)sc2c1-c1ccc(Cl)cc1.Cc1cc2nc(N3CCOC(c4ccccc4)C3)sc2c(-c2ccc(Cl)cc2)c1[C@H](OC(C)(C)C)C(=O)O. The third kappa shape index (κ3) is 22.8. The van der Waals surface area contributed by atoms with Crippen molar-refractivity contribution in [3.05, 3.63) is 251 Å². The molecular weight excluding hydrogens is 1700 g/mol. The number of fused-ring (bicyclic) bond motifs is 3. The molecular formula is C95H104BrCl3N6O12S3. The molecule has 25 heteroatoms. The first kappa shape index (κ1) is 90.9. The van der Waals surface area contributed by atoms with Gasteiger partial charge in [0.2, 0.25) is 0 Å². The molecule has 3 unspecified atom stereocenters. The molecule has 3 aliphatic heterocycles. The Morgan fingerprint density at radius 1 is 0.517 bits per heavy atom. The van der Waals surface area contributed by atoms with E-state index in [0.29, 0.717) is 46.9 Å². The largest absolute Gasteiger partial charge is 0.479 e. The molecule has 3 aliphatic rings. The van der Waals surface area contributed by atoms with Gasteiger partial charge in [-0.3, -0.25) is 0 Å². The topological polar surface area (TPSA) is 202 Å². The number of anilines is 2. The zero-order valence-corrected chi connectivity index (χ0v) is 76.7. The van der Waals surface area contributed by atoms with Gasteiger partial charge in [0.1, 0.15) is 17.8 Å². The van der Waals surface area contributed by atoms with Crippen molar-refractivity contribution < 1.29 is 57.4 Å². The fourth-order valence-electron chi connectivity index (χ4n) is 14.8. The Morgan fingerprint density at radius 2 is 0.867 bits per heavy atom. The van der Waals surface area contributed by atoms with Crippen molar-refractivity contribution in [2.45, 2.75) is 157 Å². The Kier molecular flexibility index (Phi) is 30.3. The number of aliphatic carboxylic acids is 1. The molecule has 9 aromatic carbocycles. The van der Waals surface area contributed by atoms with Crippen molar-refractivity contribution in [2.75, 3.05) is 82.1 Å². The van der Waals surface area contributed by atoms with Crippen LogP contribution in [0.2, 0.25) is 15.1 Å². The molecule has 12 aromatic rings. The minimum Gasteiger partial charge on any atom is -0.479 e. The smallest absolute Gasteiger partial charge is 0.339 e. The van der Waals surface area contributed by atoms with Crippen molar-refractivity contribution >= 4 is 144 Å². The number of carboxylic acids is 1. The molecule has 18 nitrogen and oxygen atoms in total. The van der Waals surface area contributed by atoms with Crippen LogP contribution in [0.4, 0.5) is 10.3 Å². The lowest BCUT2D eigenvalue weighted by Gasteiger charge is -2.34. The predicted octanol–water partition coefficient (Wildman–Crippen LogP) is 24.0. The number of carbonyl (C=O) groups excluding carboxylic acids is 2. The molecule has 6 atom stereocenters. The first-order chi connectivity index (χ1) is 57.2. The average molecular weight is 1800 g/mol. The van der Waals surface area contributed by atoms with Gasteiger partial charge in [-0.1, -0.05) is 185 Å². The zero-order valence-electron chi connectivity index (χ0n) is 70.4. The van der Waals surface area contributed by atoms with Gasteiger partial charge in [0.25, 0.3) is 0 Å². The van der Waals surface area contributed by atoms with Crippen molar-refractivity contribution in [1.82, 2.24) is 20.3 Å². The Balaban J connectivity index is 0.000000155. The number of thiazole rings is 3. The number of nitrogens with zero attached hydrogens (tertiary/aromatic N) is 5. The van der Waals surface area contributed by atoms with Crippen molar-refractivity contribution in [3.8, 4) is 33.4 Å². The number of carboxylic acid groups (broad SMARTS) is 1. The Bertz CT molecular complexity index is 5500. The number of carbonyl (C=O) groups is 3. The molecule has 3 fully saturated rings. The molecule has 0 amide bonds. The Hall–Kier alpha value is -8.27. The molecule has 632 valence electrons. The van der Waals surface area contributed by atoms with Crippen LogP contribution in [-0.2, 0) is 57.9 Å². The van der Waals surface area contributed by atoms with E-state index in [-0.39, 0.29) is 31.0 Å². The average Bonchev–Trinajstić information content (AvgIpc) is 1.62. The van der Waals surface area contributed by atoms with Gasteiger partial charge >= 0.3 is 17.9 Å². The summed E-state index contributed by atoms with van der Waals surface area (Å²) in [6, 6.07) is 59.7. The van der Waals surface area contributed by atoms with Gasteiger partial charge in [0.15, 0.2) is 32.5 Å². The number of hydrogen-bond donors (Lipinski definition) is 2. The predicted molar refractivity (Wildman–Crippen MR) is 491 cm³/mol. The molecule has 2 N–H and O–H groups in total. The maximum atomic E-state index is 13.4. The molecule has 0 saturated carbocycles. The molecule has 0 radical (unpaired) electrons. The number of benzene rings is 9. The summed E-state index contributed by atoms with van der Waals surface area (Å²) in [5, 5.41) is 17.3. The van der Waals surface area contributed by atoms with Gasteiger partial charge in [0.05, 0.1) is 93.6 Å². The van der Waals surface area contributed by atoms with Crippen molar-refractivity contribution in [2.24, 2.45) is 0 Å². The lowest BCUT2D eigenvalue weighted by atomic mass is 9.91. The first-order valence-electron chi connectivity index (χ1n) is 40.2. The Labute approximate surface area is 738 Å². The lowest BCUT2D eigenvalue weighted by molar-refractivity contribution is -0.167. The molecule has 3 aromatic heterocycles. The van der Waals surface area contributed by atoms with Crippen LogP contribution in [0.3, 0.4) is 0 Å². The van der Waals surface area contributed by atoms with E-state index in [1.54, 1.807) is 29.6 Å². The van der Waals surface area contributed by atoms with E-state index in [1.165, 1.54) is 16.9 Å². The molecule has 15 rings (SSSR count). The minimum atomic E-state index is -1.14. The molecule has 6 heterocycles. The van der Waals surface area contributed by atoms with E-state index in [4.69, 9.17) is 82.7 Å². The van der Waals surface area contributed by atoms with E-state index in [0.717, 1.165) is 150 Å². The third-order valence-electron chi connectivity index (χ3n) is 20.1. The van der Waals surface area contributed by atoms with Gasteiger partial charge in [0, 0.05) is 74.6 Å². The van der Waals surface area contributed by atoms with Crippen LogP contribution in [0.15, 0.2) is 186 Å². The second kappa shape index (κ2) is 39.9. The minimum absolute atomic E-state index is 0.0247. The van der Waals surface area contributed by atoms with Crippen molar-refractivity contribution in [3.63, 3.8) is 0 Å². The fourth-order valence-corrected chi connectivity index (χ4v) is 19.1. The lowest BCUT2D eigenvalue weighted by Crippen LogP contribution is -2.45. The van der Waals surface area contributed by atoms with E-state index in [2.05, 4.69) is 97.6 Å². The summed E-state index contributed by atoms with van der Waals surface area (Å²) < 4.78 is 51.3. The van der Waals surface area contributed by atoms with Crippen LogP contribution in [-0.4, -0.2) is 127 Å². The van der Waals surface area contributed by atoms with Crippen LogP contribution in [0, 0.1) is 20.8 Å². The van der Waals surface area contributed by atoms with Gasteiger partial charge in [-0.2, -0.15) is 0 Å². The van der Waals surface area contributed by atoms with E-state index in [1.807, 2.05) is 217 Å². The molecule has 0 bridgehead atoms. The van der Waals surface area contributed by atoms with Crippen LogP contribution < -0.4 is 15.1 Å². The summed E-state index contributed by atoms with van der Waals surface area (Å²) in [7, 11) is 0. The quantitative estimate of drug-likeness (QED) is 0.0723. The van der Waals surface area contributed by atoms with Crippen LogP contribution in [0.25, 0.3) is 64.0 Å². The highest BCUT2D eigenvalue weighted by molar-refractivity contribution is 9.11. The van der Waals surface area contributed by atoms with Gasteiger partial charge in [-0.15, -0.1) is 11.3 Å².